The molecule has 2 heterocycles. The molecular formula is C17H20FN3O3. The van der Waals surface area contributed by atoms with Crippen LogP contribution in [0.4, 0.5) is 10.1 Å². The molecule has 0 spiro atoms. The molecule has 1 aliphatic heterocycles. The molecule has 2 unspecified atom stereocenters. The topological polar surface area (TPSA) is 65.4 Å². The summed E-state index contributed by atoms with van der Waals surface area (Å²) in [5.41, 5.74) is 0.590. The normalized spacial score (nSPS) is 18.3. The summed E-state index contributed by atoms with van der Waals surface area (Å²) in [7, 11) is 0. The minimum absolute atomic E-state index is 0.184. The van der Waals surface area contributed by atoms with Gasteiger partial charge in [-0.25, -0.2) is 4.39 Å². The molecule has 128 valence electrons. The van der Waals surface area contributed by atoms with E-state index in [1.807, 2.05) is 0 Å². The number of carbonyl (C=O) groups is 1. The molecule has 1 aromatic heterocycles. The summed E-state index contributed by atoms with van der Waals surface area (Å²) >= 11 is 0. The summed E-state index contributed by atoms with van der Waals surface area (Å²) in [6, 6.07) is 5.69. The number of carbonyl (C=O) groups excluding carboxylic acids is 1. The van der Waals surface area contributed by atoms with Crippen LogP contribution in [-0.4, -0.2) is 34.5 Å². The molecule has 0 radical (unpaired) electrons. The van der Waals surface area contributed by atoms with Gasteiger partial charge in [0.25, 0.3) is 5.91 Å². The monoisotopic (exact) mass is 333 g/mol. The van der Waals surface area contributed by atoms with Crippen LogP contribution in [0.1, 0.15) is 19.8 Å². The maximum absolute atomic E-state index is 13.1. The summed E-state index contributed by atoms with van der Waals surface area (Å²) in [4.78, 5) is 12.2. The van der Waals surface area contributed by atoms with Crippen LogP contribution in [0.5, 0.6) is 5.75 Å². The van der Waals surface area contributed by atoms with E-state index in [0.29, 0.717) is 18.0 Å². The number of amides is 1. The van der Waals surface area contributed by atoms with Crippen molar-refractivity contribution < 1.29 is 18.7 Å². The first-order valence-corrected chi connectivity index (χ1v) is 7.97. The van der Waals surface area contributed by atoms with E-state index in [-0.39, 0.29) is 12.0 Å². The van der Waals surface area contributed by atoms with Crippen molar-refractivity contribution in [3.8, 4) is 5.75 Å². The van der Waals surface area contributed by atoms with E-state index in [1.54, 1.807) is 30.1 Å². The largest absolute Gasteiger partial charge is 0.481 e. The Morgan fingerprint density at radius 2 is 2.46 bits per heavy atom. The second-order valence-corrected chi connectivity index (χ2v) is 5.79. The highest BCUT2D eigenvalue weighted by molar-refractivity contribution is 5.93. The molecule has 0 saturated carbocycles. The third kappa shape index (κ3) is 4.32. The average molecular weight is 333 g/mol. The summed E-state index contributed by atoms with van der Waals surface area (Å²) in [6.45, 7) is 3.08. The maximum atomic E-state index is 13.1. The minimum atomic E-state index is -0.756. The van der Waals surface area contributed by atoms with Gasteiger partial charge in [0.1, 0.15) is 11.6 Å². The van der Waals surface area contributed by atoms with Gasteiger partial charge in [-0.05, 0) is 31.9 Å². The average Bonchev–Trinajstić information content (AvgIpc) is 3.20. The molecule has 24 heavy (non-hydrogen) atoms. The molecule has 0 bridgehead atoms. The smallest absolute Gasteiger partial charge is 0.265 e. The number of nitrogens with zero attached hydrogens (tertiary/aromatic N) is 2. The lowest BCUT2D eigenvalue weighted by Crippen LogP contribution is -2.30. The molecule has 1 saturated heterocycles. The molecule has 1 aromatic carbocycles. The lowest BCUT2D eigenvalue weighted by Gasteiger charge is -2.14. The van der Waals surface area contributed by atoms with Crippen LogP contribution in [0.25, 0.3) is 0 Å². The highest BCUT2D eigenvalue weighted by atomic mass is 19.1. The molecule has 1 amide bonds. The quantitative estimate of drug-likeness (QED) is 0.882. The minimum Gasteiger partial charge on any atom is -0.481 e. The van der Waals surface area contributed by atoms with Crippen molar-refractivity contribution in [2.75, 3.05) is 11.9 Å². The Labute approximate surface area is 139 Å². The first kappa shape index (κ1) is 16.4. The van der Waals surface area contributed by atoms with Gasteiger partial charge in [-0.15, -0.1) is 0 Å². The Hall–Kier alpha value is -2.41. The van der Waals surface area contributed by atoms with Crippen molar-refractivity contribution in [1.29, 1.82) is 0 Å². The fourth-order valence-electron chi connectivity index (χ4n) is 2.57. The van der Waals surface area contributed by atoms with Crippen LogP contribution in [0.3, 0.4) is 0 Å². The Balaban J connectivity index is 1.53. The van der Waals surface area contributed by atoms with E-state index in [2.05, 4.69) is 10.4 Å². The van der Waals surface area contributed by atoms with Gasteiger partial charge < -0.3 is 14.8 Å². The molecule has 2 atom stereocenters. The Morgan fingerprint density at radius 3 is 3.21 bits per heavy atom. The number of hydrogen-bond donors (Lipinski definition) is 1. The van der Waals surface area contributed by atoms with Crippen molar-refractivity contribution in [1.82, 2.24) is 9.78 Å². The second-order valence-electron chi connectivity index (χ2n) is 5.79. The van der Waals surface area contributed by atoms with Gasteiger partial charge >= 0.3 is 0 Å². The molecule has 7 heteroatoms. The molecule has 1 fully saturated rings. The van der Waals surface area contributed by atoms with Crippen molar-refractivity contribution in [3.05, 3.63) is 42.5 Å². The first-order valence-electron chi connectivity index (χ1n) is 7.97. The summed E-state index contributed by atoms with van der Waals surface area (Å²) in [5.74, 6) is -0.418. The fourth-order valence-corrected chi connectivity index (χ4v) is 2.57. The van der Waals surface area contributed by atoms with E-state index in [1.165, 1.54) is 18.2 Å². The summed E-state index contributed by atoms with van der Waals surface area (Å²) in [5, 5.41) is 6.96. The number of benzene rings is 1. The van der Waals surface area contributed by atoms with Gasteiger partial charge in [0.05, 0.1) is 24.5 Å². The Kier molecular flexibility index (Phi) is 5.10. The second kappa shape index (κ2) is 7.44. The number of halogens is 1. The van der Waals surface area contributed by atoms with Crippen LogP contribution in [0.2, 0.25) is 0 Å². The first-order chi connectivity index (χ1) is 11.6. The van der Waals surface area contributed by atoms with Gasteiger partial charge in [-0.1, -0.05) is 6.07 Å². The lowest BCUT2D eigenvalue weighted by molar-refractivity contribution is -0.122. The number of aromatic nitrogens is 2. The third-order valence-corrected chi connectivity index (χ3v) is 3.79. The van der Waals surface area contributed by atoms with E-state index in [0.717, 1.165) is 19.4 Å². The zero-order chi connectivity index (χ0) is 16.9. The van der Waals surface area contributed by atoms with Gasteiger partial charge in [-0.3, -0.25) is 9.48 Å². The molecular weight excluding hydrogens is 313 g/mol. The lowest BCUT2D eigenvalue weighted by atomic mass is 10.2. The standard InChI is InChI=1S/C17H20FN3O3/c1-12(24-15-5-2-4-13(18)8-15)17(22)20-14-9-19-21(10-14)11-16-6-3-7-23-16/h2,4-5,8-10,12,16H,3,6-7,11H2,1H3,(H,20,22). The number of nitrogens with one attached hydrogen (secondary N) is 1. The van der Waals surface area contributed by atoms with Gasteiger partial charge in [0.2, 0.25) is 0 Å². The van der Waals surface area contributed by atoms with Crippen LogP contribution in [0.15, 0.2) is 36.7 Å². The number of rotatable bonds is 6. The van der Waals surface area contributed by atoms with E-state index in [9.17, 15) is 9.18 Å². The highest BCUT2D eigenvalue weighted by Crippen LogP contribution is 2.16. The van der Waals surface area contributed by atoms with Crippen LogP contribution >= 0.6 is 0 Å². The van der Waals surface area contributed by atoms with E-state index in [4.69, 9.17) is 9.47 Å². The van der Waals surface area contributed by atoms with Crippen LogP contribution in [0, 0.1) is 5.82 Å². The zero-order valence-electron chi connectivity index (χ0n) is 13.4. The summed E-state index contributed by atoms with van der Waals surface area (Å²) < 4.78 is 25.9. The van der Waals surface area contributed by atoms with Crippen molar-refractivity contribution in [2.24, 2.45) is 0 Å². The summed E-state index contributed by atoms with van der Waals surface area (Å²) in [6.07, 6.45) is 4.87. The van der Waals surface area contributed by atoms with Crippen molar-refractivity contribution in [2.45, 2.75) is 38.5 Å². The highest BCUT2D eigenvalue weighted by Gasteiger charge is 2.18. The molecule has 1 N–H and O–H groups in total. The number of ether oxygens (including phenoxy) is 2. The molecule has 2 aromatic rings. The van der Waals surface area contributed by atoms with E-state index < -0.39 is 11.9 Å². The molecule has 0 aliphatic carbocycles. The van der Waals surface area contributed by atoms with Gasteiger partial charge in [0.15, 0.2) is 6.10 Å². The Morgan fingerprint density at radius 1 is 1.58 bits per heavy atom. The third-order valence-electron chi connectivity index (χ3n) is 3.79. The number of anilines is 1. The van der Waals surface area contributed by atoms with Crippen LogP contribution < -0.4 is 10.1 Å². The van der Waals surface area contributed by atoms with Gasteiger partial charge in [0, 0.05) is 18.9 Å². The molecule has 3 rings (SSSR count). The SMILES string of the molecule is CC(Oc1cccc(F)c1)C(=O)Nc1cnn(CC2CCCO2)c1. The molecule has 6 nitrogen and oxygen atoms in total. The molecule has 1 aliphatic rings. The predicted molar refractivity (Wildman–Crippen MR) is 86.3 cm³/mol. The van der Waals surface area contributed by atoms with Gasteiger partial charge in [-0.2, -0.15) is 5.10 Å². The zero-order valence-corrected chi connectivity index (χ0v) is 13.4. The van der Waals surface area contributed by atoms with Crippen LogP contribution in [-0.2, 0) is 16.1 Å². The fraction of sp³-hybridized carbons (Fsp3) is 0.412. The van der Waals surface area contributed by atoms with E-state index >= 15 is 0 Å². The Bertz CT molecular complexity index is 698. The van der Waals surface area contributed by atoms with Crippen molar-refractivity contribution in [3.63, 3.8) is 0 Å². The van der Waals surface area contributed by atoms with Crippen molar-refractivity contribution >= 4 is 11.6 Å². The number of hydrogen-bond acceptors (Lipinski definition) is 4. The predicted octanol–water partition coefficient (Wildman–Crippen LogP) is 2.61. The maximum Gasteiger partial charge on any atom is 0.265 e.